The summed E-state index contributed by atoms with van der Waals surface area (Å²) >= 11 is 0. The third-order valence-electron chi connectivity index (χ3n) is 0. The van der Waals surface area contributed by atoms with Crippen LogP contribution in [0.5, 0.6) is 0 Å². The summed E-state index contributed by atoms with van der Waals surface area (Å²) in [4.78, 5) is 1.75. The van der Waals surface area contributed by atoms with Gasteiger partial charge in [-0.3, -0.25) is 0 Å². The third kappa shape index (κ3) is 59.7. The van der Waals surface area contributed by atoms with Gasteiger partial charge in [0.05, 0.1) is 0 Å². The van der Waals surface area contributed by atoms with Crippen LogP contribution in [0.4, 0.5) is 0 Å². The predicted octanol–water partition coefficient (Wildman–Crippen LogP) is -5.12. The smallest absolute Gasteiger partial charge is 1.00 e. The first-order valence-corrected chi connectivity index (χ1v) is 0.424. The Morgan fingerprint density at radius 2 is 1.60 bits per heavy atom. The number of nitrogens with one attached hydrogen (secondary N) is 1. The average Bonchev–Trinajstić information content (AvgIpc) is 0.918. The second-order valence-corrected chi connectivity index (χ2v) is 0.100. The van der Waals surface area contributed by atoms with Crippen molar-refractivity contribution < 1.29 is 46.5 Å². The molecule has 1 N–H and O–H groups in total. The molecule has 0 radical (unpaired) electrons. The van der Waals surface area contributed by atoms with Crippen LogP contribution in [0.3, 0.4) is 0 Å². The molecule has 0 heterocycles. The Balaban J connectivity index is -0.0000000200. The molecule has 0 saturated heterocycles. The maximum atomic E-state index is 6.86. The molecule has 0 rings (SSSR count). The minimum absolute atomic E-state index is 0. The molecule has 3 nitrogen and oxygen atoms in total. The van der Waals surface area contributed by atoms with Crippen molar-refractivity contribution in [1.29, 1.82) is 5.53 Å². The molecule has 0 aromatic carbocycles. The fourth-order valence-electron chi connectivity index (χ4n) is 0. The Bertz CT molecular complexity index is 27.9. The van der Waals surface area contributed by atoms with Crippen molar-refractivity contribution in [2.45, 2.75) is 0 Å². The third-order valence-corrected chi connectivity index (χ3v) is 0. The van der Waals surface area contributed by atoms with Gasteiger partial charge in [-0.25, -0.2) is 0 Å². The monoisotopic (exact) mass is 145 g/mol. The molecule has 0 amide bonds. The van der Waals surface area contributed by atoms with E-state index in [1.807, 2.05) is 0 Å². The Labute approximate surface area is 62.2 Å². The van der Waals surface area contributed by atoms with Crippen LogP contribution in [-0.2, 0) is 0 Å². The molecule has 0 atom stereocenters. The molecule has 0 saturated carbocycles. The normalized spacial score (nSPS) is 1.60. The van der Waals surface area contributed by atoms with E-state index in [4.69, 9.17) is 11.1 Å². The van der Waals surface area contributed by atoms with E-state index in [1.165, 1.54) is 0 Å². The summed E-state index contributed by atoms with van der Waals surface area (Å²) in [6.45, 7) is 0. The quantitative estimate of drug-likeness (QED) is 0.154. The molecule has 0 aromatic heterocycles. The first kappa shape index (κ1) is 17.1. The standard InChI is InChI=1S/BrH.HN3.Na/c;1-3-2;/h1H;1H;/q;;+1/p-1. The SMILES string of the molecule is [Br-].[N-]=[N+]=N.[Na+]. The Kier molecular flexibility index (Phi) is 73.3. The minimum atomic E-state index is 0. The van der Waals surface area contributed by atoms with Gasteiger partial charge in [0.25, 0.3) is 0 Å². The molecule has 0 bridgehead atoms. The maximum Gasteiger partial charge on any atom is 1.00 e. The van der Waals surface area contributed by atoms with Crippen LogP contribution in [0.25, 0.3) is 10.4 Å². The number of hydrogen-bond acceptors (Lipinski definition) is 1. The number of nitrogens with zero attached hydrogens (tertiary/aromatic N) is 2. The topological polar surface area (TPSA) is 60.3 Å². The predicted molar refractivity (Wildman–Crippen MR) is 9.44 cm³/mol. The van der Waals surface area contributed by atoms with E-state index in [0.717, 1.165) is 0 Å². The molecule has 0 aliphatic rings. The van der Waals surface area contributed by atoms with Crippen LogP contribution in [-0.4, -0.2) is 0 Å². The van der Waals surface area contributed by atoms with Gasteiger partial charge >= 0.3 is 29.6 Å². The molecule has 5 heteroatoms. The Morgan fingerprint density at radius 3 is 1.60 bits per heavy atom. The molecule has 0 aliphatic heterocycles. The molecule has 0 fully saturated rings. The first-order chi connectivity index (χ1) is 1.41. The van der Waals surface area contributed by atoms with Gasteiger partial charge in [-0.1, -0.05) is 0 Å². The minimum Gasteiger partial charge on any atom is -1.00 e. The van der Waals surface area contributed by atoms with Crippen LogP contribution >= 0.6 is 0 Å². The molecular weight excluding hydrogens is 145 g/mol. The van der Waals surface area contributed by atoms with Crippen molar-refractivity contribution in [3.05, 3.63) is 10.4 Å². The number of hydrogen-bond donors (Lipinski definition) is 1. The second kappa shape index (κ2) is 21.5. The molecule has 24 valence electrons. The molecular formula is HBrN3Na. The van der Waals surface area contributed by atoms with Gasteiger partial charge in [0.15, 0.2) is 0 Å². The fraction of sp³-hybridized carbons (Fsp3) is 0. The van der Waals surface area contributed by atoms with Crippen LogP contribution in [0.1, 0.15) is 0 Å². The summed E-state index contributed by atoms with van der Waals surface area (Å²) < 4.78 is 0. The van der Waals surface area contributed by atoms with E-state index in [1.54, 1.807) is 4.91 Å². The van der Waals surface area contributed by atoms with E-state index in [9.17, 15) is 0 Å². The van der Waals surface area contributed by atoms with Crippen LogP contribution in [0, 0.1) is 5.53 Å². The van der Waals surface area contributed by atoms with E-state index < -0.39 is 0 Å². The number of rotatable bonds is 0. The molecule has 5 heavy (non-hydrogen) atoms. The van der Waals surface area contributed by atoms with E-state index in [2.05, 4.69) is 0 Å². The van der Waals surface area contributed by atoms with E-state index >= 15 is 0 Å². The van der Waals surface area contributed by atoms with Crippen molar-refractivity contribution >= 4 is 0 Å². The zero-order valence-corrected chi connectivity index (χ0v) is 6.36. The van der Waals surface area contributed by atoms with E-state index in [-0.39, 0.29) is 46.5 Å². The van der Waals surface area contributed by atoms with Gasteiger partial charge in [-0.05, 0) is 10.4 Å². The van der Waals surface area contributed by atoms with Crippen molar-refractivity contribution in [3.63, 3.8) is 0 Å². The summed E-state index contributed by atoms with van der Waals surface area (Å²) in [6, 6.07) is 0. The molecule has 0 aromatic rings. The summed E-state index contributed by atoms with van der Waals surface area (Å²) in [5.74, 6) is 0. The summed E-state index contributed by atoms with van der Waals surface area (Å²) in [6.07, 6.45) is 0. The first-order valence-electron chi connectivity index (χ1n) is 0.424. The summed E-state index contributed by atoms with van der Waals surface area (Å²) in [5.41, 5.74) is 12.2. The molecule has 0 unspecified atom stereocenters. The largest absolute Gasteiger partial charge is 1.00 e. The summed E-state index contributed by atoms with van der Waals surface area (Å²) in [5, 5.41) is 0. The van der Waals surface area contributed by atoms with Gasteiger partial charge in [-0.2, -0.15) is 0 Å². The molecule has 0 aliphatic carbocycles. The van der Waals surface area contributed by atoms with Crippen molar-refractivity contribution in [2.75, 3.05) is 0 Å². The van der Waals surface area contributed by atoms with Crippen LogP contribution < -0.4 is 46.5 Å². The van der Waals surface area contributed by atoms with Crippen molar-refractivity contribution in [1.82, 2.24) is 0 Å². The Morgan fingerprint density at radius 1 is 1.60 bits per heavy atom. The van der Waals surface area contributed by atoms with Gasteiger partial charge in [-0.15, -0.1) is 5.53 Å². The zero-order valence-electron chi connectivity index (χ0n) is 2.77. The van der Waals surface area contributed by atoms with Gasteiger partial charge in [0.2, 0.25) is 0 Å². The van der Waals surface area contributed by atoms with Crippen LogP contribution in [0.2, 0.25) is 0 Å². The average molecular weight is 146 g/mol. The Hall–Kier alpha value is 0.790. The van der Waals surface area contributed by atoms with Crippen molar-refractivity contribution in [2.24, 2.45) is 0 Å². The van der Waals surface area contributed by atoms with E-state index in [0.29, 0.717) is 0 Å². The fourth-order valence-corrected chi connectivity index (χ4v) is 0. The summed E-state index contributed by atoms with van der Waals surface area (Å²) in [7, 11) is 0. The van der Waals surface area contributed by atoms with Gasteiger partial charge < -0.3 is 17.0 Å². The van der Waals surface area contributed by atoms with Gasteiger partial charge in [0, 0.05) is 0 Å². The second-order valence-electron chi connectivity index (χ2n) is 0.100. The number of halogens is 1. The zero-order chi connectivity index (χ0) is 2.71. The molecule has 0 spiro atoms. The van der Waals surface area contributed by atoms with Gasteiger partial charge in [0.1, 0.15) is 0 Å². The maximum absolute atomic E-state index is 6.86. The van der Waals surface area contributed by atoms with Crippen molar-refractivity contribution in [3.8, 4) is 0 Å². The van der Waals surface area contributed by atoms with Crippen LogP contribution in [0.15, 0.2) is 0 Å².